The van der Waals surface area contributed by atoms with Crippen molar-refractivity contribution in [1.82, 2.24) is 4.57 Å². The van der Waals surface area contributed by atoms with Gasteiger partial charge in [-0.25, -0.2) is 0 Å². The number of hydrogen-bond acceptors (Lipinski definition) is 1. The summed E-state index contributed by atoms with van der Waals surface area (Å²) in [5.41, 5.74) is 19.2. The second kappa shape index (κ2) is 13.0. The van der Waals surface area contributed by atoms with Gasteiger partial charge in [0.1, 0.15) is 0 Å². The topological polar surface area (TPSA) is 8.17 Å². The molecule has 0 amide bonds. The van der Waals surface area contributed by atoms with Gasteiger partial charge in [0.25, 0.3) is 0 Å². The highest BCUT2D eigenvalue weighted by molar-refractivity contribution is 6.29. The second-order valence-electron chi connectivity index (χ2n) is 16.4. The molecule has 0 N–H and O–H groups in total. The van der Waals surface area contributed by atoms with E-state index >= 15 is 0 Å². The molecule has 0 fully saturated rings. The number of rotatable bonds is 6. The third kappa shape index (κ3) is 4.73. The summed E-state index contributed by atoms with van der Waals surface area (Å²) >= 11 is 0. The van der Waals surface area contributed by atoms with E-state index in [1.807, 2.05) is 0 Å². The van der Waals surface area contributed by atoms with Crippen LogP contribution in [0.25, 0.3) is 71.6 Å². The van der Waals surface area contributed by atoms with Crippen LogP contribution in [0.4, 0.5) is 17.1 Å². The maximum absolute atomic E-state index is 2.54. The van der Waals surface area contributed by atoms with E-state index in [4.69, 9.17) is 0 Å². The largest absolute Gasteiger partial charge is 0.310 e. The van der Waals surface area contributed by atoms with Crippen molar-refractivity contribution in [2.75, 3.05) is 4.90 Å². The summed E-state index contributed by atoms with van der Waals surface area (Å²) in [6.45, 7) is 0. The number of para-hydroxylation sites is 1. The number of anilines is 3. The Morgan fingerprint density at radius 3 is 1.52 bits per heavy atom. The average molecular weight is 775 g/mol. The van der Waals surface area contributed by atoms with Crippen LogP contribution in [0.5, 0.6) is 0 Å². The first-order valence-corrected chi connectivity index (χ1v) is 21.2. The molecule has 2 aliphatic rings. The summed E-state index contributed by atoms with van der Waals surface area (Å²) in [5.74, 6) is 0. The second-order valence-corrected chi connectivity index (χ2v) is 16.4. The Kier molecular flexibility index (Phi) is 7.26. The molecule has 13 rings (SSSR count). The van der Waals surface area contributed by atoms with E-state index in [9.17, 15) is 0 Å². The number of nitrogens with zero attached hydrogens (tertiary/aromatic N) is 2. The van der Waals surface area contributed by atoms with E-state index in [0.717, 1.165) is 22.7 Å². The summed E-state index contributed by atoms with van der Waals surface area (Å²) in [6.07, 6.45) is 0. The molecule has 10 aromatic carbocycles. The molecule has 0 saturated carbocycles. The van der Waals surface area contributed by atoms with Crippen molar-refractivity contribution < 1.29 is 0 Å². The molecule has 2 aliphatic carbocycles. The van der Waals surface area contributed by atoms with Crippen molar-refractivity contribution in [1.29, 1.82) is 0 Å². The lowest BCUT2D eigenvalue weighted by Crippen LogP contribution is -2.30. The van der Waals surface area contributed by atoms with Gasteiger partial charge < -0.3 is 9.47 Å². The lowest BCUT2D eigenvalue weighted by atomic mass is 9.63. The molecule has 1 spiro atoms. The van der Waals surface area contributed by atoms with Crippen molar-refractivity contribution >= 4 is 49.6 Å². The predicted octanol–water partition coefficient (Wildman–Crippen LogP) is 15.4. The van der Waals surface area contributed by atoms with E-state index in [-0.39, 0.29) is 0 Å². The fourth-order valence-corrected chi connectivity index (χ4v) is 10.9. The third-order valence-corrected chi connectivity index (χ3v) is 13.4. The van der Waals surface area contributed by atoms with Gasteiger partial charge in [-0.2, -0.15) is 0 Å². The van der Waals surface area contributed by atoms with E-state index in [0.29, 0.717) is 0 Å². The molecule has 1 heterocycles. The van der Waals surface area contributed by atoms with E-state index in [1.165, 1.54) is 88.2 Å². The molecule has 1 aromatic heterocycles. The highest BCUT2D eigenvalue weighted by Gasteiger charge is 2.50. The zero-order chi connectivity index (χ0) is 40.1. The van der Waals surface area contributed by atoms with Gasteiger partial charge in [-0.1, -0.05) is 182 Å². The van der Waals surface area contributed by atoms with Crippen LogP contribution >= 0.6 is 0 Å². The van der Waals surface area contributed by atoms with Gasteiger partial charge in [-0.3, -0.25) is 0 Å². The lowest BCUT2D eigenvalue weighted by molar-refractivity contribution is 0.783. The van der Waals surface area contributed by atoms with Crippen molar-refractivity contribution in [3.8, 4) is 39.1 Å². The Labute approximate surface area is 354 Å². The molecule has 0 bridgehead atoms. The fraction of sp³-hybridized carbons (Fsp3) is 0.0169. The minimum atomic E-state index is -0.516. The molecular formula is C59H38N2. The summed E-state index contributed by atoms with van der Waals surface area (Å²) in [7, 11) is 0. The van der Waals surface area contributed by atoms with Crippen LogP contribution in [0.2, 0.25) is 0 Å². The molecular weight excluding hydrogens is 737 g/mol. The first-order valence-electron chi connectivity index (χ1n) is 21.2. The highest BCUT2D eigenvalue weighted by atomic mass is 15.1. The molecule has 0 aliphatic heterocycles. The molecule has 0 saturated heterocycles. The Morgan fingerprint density at radius 2 is 0.836 bits per heavy atom. The van der Waals surface area contributed by atoms with Gasteiger partial charge in [0, 0.05) is 33.2 Å². The van der Waals surface area contributed by atoms with Crippen LogP contribution in [0.1, 0.15) is 22.3 Å². The van der Waals surface area contributed by atoms with Gasteiger partial charge in [0.05, 0.1) is 22.1 Å². The van der Waals surface area contributed by atoms with Gasteiger partial charge >= 0.3 is 0 Å². The Balaban J connectivity index is 1.19. The monoisotopic (exact) mass is 774 g/mol. The van der Waals surface area contributed by atoms with Crippen molar-refractivity contribution in [3.05, 3.63) is 253 Å². The summed E-state index contributed by atoms with van der Waals surface area (Å²) < 4.78 is 2.54. The minimum absolute atomic E-state index is 0.516. The summed E-state index contributed by atoms with van der Waals surface area (Å²) in [6, 6.07) is 85.2. The molecule has 284 valence electrons. The van der Waals surface area contributed by atoms with E-state index < -0.39 is 5.41 Å². The van der Waals surface area contributed by atoms with E-state index in [1.54, 1.807) is 0 Å². The Morgan fingerprint density at radius 1 is 0.328 bits per heavy atom. The number of hydrogen-bond donors (Lipinski definition) is 0. The van der Waals surface area contributed by atoms with Crippen LogP contribution in [0.3, 0.4) is 0 Å². The molecule has 0 radical (unpaired) electrons. The quantitative estimate of drug-likeness (QED) is 0.163. The first-order chi connectivity index (χ1) is 30.3. The predicted molar refractivity (Wildman–Crippen MR) is 255 cm³/mol. The van der Waals surface area contributed by atoms with Gasteiger partial charge in [0.2, 0.25) is 0 Å². The van der Waals surface area contributed by atoms with Crippen molar-refractivity contribution in [3.63, 3.8) is 0 Å². The maximum Gasteiger partial charge on any atom is 0.0726 e. The summed E-state index contributed by atoms with van der Waals surface area (Å²) in [4.78, 5) is 2.47. The highest BCUT2D eigenvalue weighted by Crippen LogP contribution is 2.63. The Bertz CT molecular complexity index is 3460. The van der Waals surface area contributed by atoms with Crippen molar-refractivity contribution in [2.45, 2.75) is 5.41 Å². The number of fused-ring (bicyclic) bond motifs is 7. The standard InChI is InChI=1S/C59H38N2/c1-4-17-39(18-5-1)41-33-35-44(36-34-41)60(43-22-8-3-9-23-43)54-38-55-58-56-48(54)27-15-30-51(56)59(49-28-12-10-25-46(49)47-26-11-13-29-50(47)59)52-31-16-32-53(57(52)58)61(55)45-24-14-21-42(37-45)40-19-6-2-7-20-40/h1-38H. The molecule has 2 nitrogen and oxygen atoms in total. The average Bonchev–Trinajstić information content (AvgIpc) is 3.83. The minimum Gasteiger partial charge on any atom is -0.310 e. The SMILES string of the molecule is c1ccc(-c2ccc(N(c3ccccc3)c3cc4c5c6c(cccc36)C3(c6ccccc6-c6ccccc63)c3cccc(c35)n4-c3cccc(-c4ccccc4)c3)cc2)cc1. The number of benzene rings is 10. The molecule has 0 unspecified atom stereocenters. The van der Waals surface area contributed by atoms with Gasteiger partial charge in [0.15, 0.2) is 0 Å². The molecule has 2 heteroatoms. The van der Waals surface area contributed by atoms with Crippen LogP contribution in [0.15, 0.2) is 231 Å². The fourth-order valence-electron chi connectivity index (χ4n) is 10.9. The smallest absolute Gasteiger partial charge is 0.0726 e. The van der Waals surface area contributed by atoms with Crippen LogP contribution in [-0.2, 0) is 5.41 Å². The van der Waals surface area contributed by atoms with Crippen LogP contribution in [0, 0.1) is 0 Å². The molecule has 61 heavy (non-hydrogen) atoms. The van der Waals surface area contributed by atoms with Gasteiger partial charge in [-0.15, -0.1) is 0 Å². The lowest BCUT2D eigenvalue weighted by Gasteiger charge is -2.38. The zero-order valence-corrected chi connectivity index (χ0v) is 33.3. The summed E-state index contributed by atoms with van der Waals surface area (Å²) in [5, 5.41) is 5.17. The van der Waals surface area contributed by atoms with Crippen LogP contribution < -0.4 is 4.90 Å². The maximum atomic E-state index is 2.54. The Hall–Kier alpha value is -7.94. The van der Waals surface area contributed by atoms with Crippen molar-refractivity contribution in [2.24, 2.45) is 0 Å². The molecule has 0 atom stereocenters. The van der Waals surface area contributed by atoms with E-state index in [2.05, 4.69) is 240 Å². The first kappa shape index (κ1) is 34.0. The zero-order valence-electron chi connectivity index (χ0n) is 33.3. The van der Waals surface area contributed by atoms with Crippen LogP contribution in [-0.4, -0.2) is 4.57 Å². The normalized spacial score (nSPS) is 13.0. The molecule has 11 aromatic rings. The van der Waals surface area contributed by atoms with Gasteiger partial charge in [-0.05, 0) is 110 Å². The third-order valence-electron chi connectivity index (χ3n) is 13.4. The number of aromatic nitrogens is 1.